The van der Waals surface area contributed by atoms with E-state index in [0.717, 1.165) is 12.1 Å². The number of nitro groups is 1. The monoisotopic (exact) mass is 464 g/mol. The third kappa shape index (κ3) is 3.94. The number of nitro benzene ring substituents is 1. The van der Waals surface area contributed by atoms with Gasteiger partial charge in [0, 0.05) is 4.47 Å². The number of amides is 4. The topological polar surface area (TPSA) is 122 Å². The third-order valence-electron chi connectivity index (χ3n) is 4.41. The SMILES string of the molecule is CC1(c2cccc(Br)c2)NC(=O)N(CC(=O)Nc2ccc(F)cc2[N+](=O)[O-])C1=O. The zero-order valence-electron chi connectivity index (χ0n) is 14.9. The van der Waals surface area contributed by atoms with Crippen LogP contribution in [0.15, 0.2) is 46.9 Å². The second-order valence-electron chi connectivity index (χ2n) is 6.42. The molecule has 1 aliphatic rings. The average Bonchev–Trinajstić information content (AvgIpc) is 2.87. The first-order valence-corrected chi connectivity index (χ1v) is 9.05. The standard InChI is InChI=1S/C18H14BrFN4O5/c1-18(10-3-2-4-11(19)7-10)16(26)23(17(27)22-18)9-15(25)21-13-6-5-12(20)8-14(13)24(28)29/h2-8H,9H2,1H3,(H,21,25)(H,22,27). The van der Waals surface area contributed by atoms with Gasteiger partial charge in [0.15, 0.2) is 0 Å². The van der Waals surface area contributed by atoms with E-state index in [1.807, 2.05) is 0 Å². The Labute approximate surface area is 172 Å². The summed E-state index contributed by atoms with van der Waals surface area (Å²) in [5.74, 6) is -2.33. The van der Waals surface area contributed by atoms with Crippen molar-refractivity contribution in [2.24, 2.45) is 0 Å². The van der Waals surface area contributed by atoms with Crippen molar-refractivity contribution in [1.82, 2.24) is 10.2 Å². The molecule has 9 nitrogen and oxygen atoms in total. The smallest absolute Gasteiger partial charge is 0.319 e. The van der Waals surface area contributed by atoms with Crippen molar-refractivity contribution in [3.05, 3.63) is 68.4 Å². The zero-order chi connectivity index (χ0) is 21.3. The molecule has 1 heterocycles. The lowest BCUT2D eigenvalue weighted by Gasteiger charge is -2.22. The highest BCUT2D eigenvalue weighted by Crippen LogP contribution is 2.30. The number of benzene rings is 2. The number of carbonyl (C=O) groups is 3. The number of hydrogen-bond donors (Lipinski definition) is 2. The van der Waals surface area contributed by atoms with E-state index < -0.39 is 46.4 Å². The Balaban J connectivity index is 1.79. The van der Waals surface area contributed by atoms with E-state index in [2.05, 4.69) is 26.6 Å². The van der Waals surface area contributed by atoms with Gasteiger partial charge in [-0.15, -0.1) is 0 Å². The molecule has 150 valence electrons. The van der Waals surface area contributed by atoms with Crippen LogP contribution in [0.1, 0.15) is 12.5 Å². The Morgan fingerprint density at radius 2 is 2.03 bits per heavy atom. The summed E-state index contributed by atoms with van der Waals surface area (Å²) in [6.45, 7) is 0.848. The van der Waals surface area contributed by atoms with E-state index >= 15 is 0 Å². The van der Waals surface area contributed by atoms with Crippen LogP contribution in [0, 0.1) is 15.9 Å². The van der Waals surface area contributed by atoms with Crippen molar-refractivity contribution in [2.45, 2.75) is 12.5 Å². The van der Waals surface area contributed by atoms with Gasteiger partial charge in [-0.2, -0.15) is 0 Å². The van der Waals surface area contributed by atoms with Gasteiger partial charge in [0.25, 0.3) is 11.6 Å². The van der Waals surface area contributed by atoms with Crippen LogP contribution in [-0.2, 0) is 15.1 Å². The summed E-state index contributed by atoms with van der Waals surface area (Å²) in [4.78, 5) is 48.4. The summed E-state index contributed by atoms with van der Waals surface area (Å²) < 4.78 is 13.9. The van der Waals surface area contributed by atoms with E-state index in [9.17, 15) is 28.9 Å². The largest absolute Gasteiger partial charge is 0.325 e. The number of rotatable bonds is 5. The lowest BCUT2D eigenvalue weighted by molar-refractivity contribution is -0.384. The Morgan fingerprint density at radius 1 is 1.31 bits per heavy atom. The van der Waals surface area contributed by atoms with Crippen LogP contribution in [0.2, 0.25) is 0 Å². The number of nitrogens with zero attached hydrogens (tertiary/aromatic N) is 2. The predicted molar refractivity (Wildman–Crippen MR) is 103 cm³/mol. The van der Waals surface area contributed by atoms with Crippen molar-refractivity contribution in [3.8, 4) is 0 Å². The molecule has 0 bridgehead atoms. The van der Waals surface area contributed by atoms with Crippen LogP contribution in [0.25, 0.3) is 0 Å². The maximum Gasteiger partial charge on any atom is 0.325 e. The summed E-state index contributed by atoms with van der Waals surface area (Å²) in [7, 11) is 0. The lowest BCUT2D eigenvalue weighted by atomic mass is 9.92. The van der Waals surface area contributed by atoms with Crippen molar-refractivity contribution in [1.29, 1.82) is 0 Å². The summed E-state index contributed by atoms with van der Waals surface area (Å²) in [5.41, 5.74) is -1.75. The van der Waals surface area contributed by atoms with E-state index in [4.69, 9.17) is 0 Å². The van der Waals surface area contributed by atoms with Gasteiger partial charge in [-0.3, -0.25) is 24.6 Å². The van der Waals surface area contributed by atoms with E-state index in [-0.39, 0.29) is 5.69 Å². The van der Waals surface area contributed by atoms with Crippen LogP contribution < -0.4 is 10.6 Å². The molecule has 29 heavy (non-hydrogen) atoms. The first kappa shape index (κ1) is 20.4. The molecule has 11 heteroatoms. The number of urea groups is 1. The van der Waals surface area contributed by atoms with Gasteiger partial charge in [-0.05, 0) is 36.8 Å². The second kappa shape index (κ2) is 7.59. The van der Waals surface area contributed by atoms with Gasteiger partial charge in [-0.25, -0.2) is 9.18 Å². The molecule has 1 atom stereocenters. The fourth-order valence-electron chi connectivity index (χ4n) is 2.93. The molecule has 0 aromatic heterocycles. The van der Waals surface area contributed by atoms with E-state index in [1.165, 1.54) is 6.92 Å². The number of carbonyl (C=O) groups excluding carboxylic acids is 3. The molecule has 1 saturated heterocycles. The van der Waals surface area contributed by atoms with Crippen molar-refractivity contribution in [2.75, 3.05) is 11.9 Å². The number of hydrogen-bond acceptors (Lipinski definition) is 5. The first-order chi connectivity index (χ1) is 13.6. The summed E-state index contributed by atoms with van der Waals surface area (Å²) in [6, 6.07) is 8.65. The molecule has 1 aliphatic heterocycles. The maximum absolute atomic E-state index is 13.2. The lowest BCUT2D eigenvalue weighted by Crippen LogP contribution is -2.42. The minimum absolute atomic E-state index is 0.247. The van der Waals surface area contributed by atoms with Crippen LogP contribution in [-0.4, -0.2) is 34.2 Å². The molecule has 0 radical (unpaired) electrons. The molecule has 2 aromatic carbocycles. The molecule has 0 aliphatic carbocycles. The van der Waals surface area contributed by atoms with Crippen molar-refractivity contribution < 1.29 is 23.7 Å². The first-order valence-electron chi connectivity index (χ1n) is 8.26. The van der Waals surface area contributed by atoms with Crippen molar-refractivity contribution >= 4 is 45.2 Å². The summed E-state index contributed by atoms with van der Waals surface area (Å²) >= 11 is 3.30. The molecule has 1 fully saturated rings. The number of halogens is 2. The average molecular weight is 465 g/mol. The Bertz CT molecular complexity index is 1050. The molecule has 0 saturated carbocycles. The Hall–Kier alpha value is -3.34. The van der Waals surface area contributed by atoms with Crippen LogP contribution in [0.3, 0.4) is 0 Å². The van der Waals surface area contributed by atoms with Gasteiger partial charge in [-0.1, -0.05) is 28.1 Å². The molecule has 4 amide bonds. The fraction of sp³-hybridized carbons (Fsp3) is 0.167. The quantitative estimate of drug-likeness (QED) is 0.400. The maximum atomic E-state index is 13.2. The Kier molecular flexibility index (Phi) is 5.33. The van der Waals surface area contributed by atoms with Gasteiger partial charge < -0.3 is 10.6 Å². The van der Waals surface area contributed by atoms with Crippen LogP contribution >= 0.6 is 15.9 Å². The van der Waals surface area contributed by atoms with Gasteiger partial charge in [0.2, 0.25) is 5.91 Å². The molecule has 3 rings (SSSR count). The van der Waals surface area contributed by atoms with Gasteiger partial charge >= 0.3 is 6.03 Å². The van der Waals surface area contributed by atoms with Crippen molar-refractivity contribution in [3.63, 3.8) is 0 Å². The normalized spacial score (nSPS) is 18.5. The summed E-state index contributed by atoms with van der Waals surface area (Å²) in [6.07, 6.45) is 0. The van der Waals surface area contributed by atoms with Gasteiger partial charge in [0.05, 0.1) is 11.0 Å². The van der Waals surface area contributed by atoms with Crippen LogP contribution in [0.4, 0.5) is 20.6 Å². The highest BCUT2D eigenvalue weighted by molar-refractivity contribution is 9.10. The van der Waals surface area contributed by atoms with Gasteiger partial charge in [0.1, 0.15) is 23.6 Å². The Morgan fingerprint density at radius 3 is 2.69 bits per heavy atom. The highest BCUT2D eigenvalue weighted by atomic mass is 79.9. The molecule has 1 unspecified atom stereocenters. The van der Waals surface area contributed by atoms with Crippen LogP contribution in [0.5, 0.6) is 0 Å². The van der Waals surface area contributed by atoms with E-state index in [0.29, 0.717) is 21.0 Å². The second-order valence-corrected chi connectivity index (χ2v) is 7.34. The third-order valence-corrected chi connectivity index (χ3v) is 4.90. The van der Waals surface area contributed by atoms with E-state index in [1.54, 1.807) is 24.3 Å². The molecule has 2 aromatic rings. The molecule has 2 N–H and O–H groups in total. The minimum Gasteiger partial charge on any atom is -0.319 e. The molecular formula is C18H14BrFN4O5. The number of imide groups is 1. The fourth-order valence-corrected chi connectivity index (χ4v) is 3.33. The molecule has 0 spiro atoms. The summed E-state index contributed by atoms with van der Waals surface area (Å²) in [5, 5.41) is 15.8. The highest BCUT2D eigenvalue weighted by Gasteiger charge is 2.49. The zero-order valence-corrected chi connectivity index (χ0v) is 16.5. The minimum atomic E-state index is -1.37. The predicted octanol–water partition coefficient (Wildman–Crippen LogP) is 2.90. The number of anilines is 1. The molecular weight excluding hydrogens is 451 g/mol. The number of nitrogens with one attached hydrogen (secondary N) is 2.